The van der Waals surface area contributed by atoms with Crippen molar-refractivity contribution in [2.24, 2.45) is 0 Å². The lowest BCUT2D eigenvalue weighted by Gasteiger charge is -2.15. The lowest BCUT2D eigenvalue weighted by Crippen LogP contribution is -2.44. The van der Waals surface area contributed by atoms with Crippen LogP contribution >= 0.6 is 24.0 Å². The lowest BCUT2D eigenvalue weighted by atomic mass is 10.1. The molecule has 28 heavy (non-hydrogen) atoms. The molecule has 0 aromatic heterocycles. The summed E-state index contributed by atoms with van der Waals surface area (Å²) in [6.07, 6.45) is 2.63. The number of thioether (sulfide) groups is 1. The van der Waals surface area contributed by atoms with Gasteiger partial charge in [0.25, 0.3) is 11.8 Å². The average Bonchev–Trinajstić information content (AvgIpc) is 2.95. The van der Waals surface area contributed by atoms with Crippen LogP contribution in [0.4, 0.5) is 0 Å². The van der Waals surface area contributed by atoms with Crippen molar-refractivity contribution < 1.29 is 14.3 Å². The Hall–Kier alpha value is -2.64. The molecule has 0 spiro atoms. The molecule has 2 aromatic carbocycles. The second-order valence-corrected chi connectivity index (χ2v) is 7.89. The van der Waals surface area contributed by atoms with Gasteiger partial charge in [-0.3, -0.25) is 15.0 Å². The molecule has 1 N–H and O–H groups in total. The fourth-order valence-corrected chi connectivity index (χ4v) is 3.69. The summed E-state index contributed by atoms with van der Waals surface area (Å²) in [5, 5.41) is 1.11. The first-order valence-electron chi connectivity index (χ1n) is 8.87. The Morgan fingerprint density at radius 1 is 1.21 bits per heavy atom. The van der Waals surface area contributed by atoms with E-state index in [1.54, 1.807) is 18.2 Å². The van der Waals surface area contributed by atoms with Crippen LogP contribution in [0.5, 0.6) is 5.75 Å². The van der Waals surface area contributed by atoms with Crippen LogP contribution in [0, 0.1) is 6.92 Å². The maximum absolute atomic E-state index is 12.8. The van der Waals surface area contributed by atoms with Crippen molar-refractivity contribution in [1.29, 1.82) is 0 Å². The first-order chi connectivity index (χ1) is 13.5. The first-order valence-corrected chi connectivity index (χ1v) is 10.1. The van der Waals surface area contributed by atoms with E-state index < -0.39 is 0 Å². The molecule has 2 aromatic rings. The van der Waals surface area contributed by atoms with Gasteiger partial charge in [0.05, 0.1) is 11.5 Å². The third-order valence-corrected chi connectivity index (χ3v) is 5.29. The number of nitrogens with zero attached hydrogens (tertiary/aromatic N) is 1. The van der Waals surface area contributed by atoms with Crippen molar-refractivity contribution >= 4 is 46.2 Å². The summed E-state index contributed by atoms with van der Waals surface area (Å²) in [5.41, 5.74) is 4.89. The highest BCUT2D eigenvalue weighted by Crippen LogP contribution is 2.33. The zero-order valence-electron chi connectivity index (χ0n) is 15.6. The number of nitrogens with one attached hydrogen (secondary N) is 1. The Bertz CT molecular complexity index is 939. The van der Waals surface area contributed by atoms with Gasteiger partial charge >= 0.3 is 0 Å². The molecule has 0 atom stereocenters. The third-order valence-electron chi connectivity index (χ3n) is 3.99. The molecule has 2 amide bonds. The van der Waals surface area contributed by atoms with Crippen LogP contribution in [0.1, 0.15) is 34.8 Å². The molecule has 7 heteroatoms. The van der Waals surface area contributed by atoms with Crippen molar-refractivity contribution in [3.63, 3.8) is 0 Å². The van der Waals surface area contributed by atoms with Gasteiger partial charge in [0.1, 0.15) is 5.75 Å². The van der Waals surface area contributed by atoms with Crippen molar-refractivity contribution in [2.45, 2.75) is 20.3 Å². The molecule has 1 aliphatic rings. The number of carbonyl (C=O) groups excluding carboxylic acids is 2. The maximum Gasteiger partial charge on any atom is 0.285 e. The van der Waals surface area contributed by atoms with Crippen LogP contribution in [0.15, 0.2) is 53.4 Å². The summed E-state index contributed by atoms with van der Waals surface area (Å²) >= 11 is 6.43. The van der Waals surface area contributed by atoms with E-state index in [4.69, 9.17) is 17.0 Å². The summed E-state index contributed by atoms with van der Waals surface area (Å²) in [6.45, 7) is 4.57. The minimum atomic E-state index is -0.385. The predicted molar refractivity (Wildman–Crippen MR) is 116 cm³/mol. The molecule has 1 fully saturated rings. The number of amides is 2. The van der Waals surface area contributed by atoms with Gasteiger partial charge in [0.15, 0.2) is 4.32 Å². The van der Waals surface area contributed by atoms with E-state index in [1.807, 2.05) is 50.2 Å². The number of benzene rings is 2. The topological polar surface area (TPSA) is 58.6 Å². The van der Waals surface area contributed by atoms with E-state index in [9.17, 15) is 9.59 Å². The average molecular weight is 413 g/mol. The van der Waals surface area contributed by atoms with Gasteiger partial charge in [-0.25, -0.2) is 0 Å². The van der Waals surface area contributed by atoms with Gasteiger partial charge in [-0.2, -0.15) is 5.01 Å². The minimum Gasteiger partial charge on any atom is -0.493 e. The summed E-state index contributed by atoms with van der Waals surface area (Å²) < 4.78 is 6.02. The summed E-state index contributed by atoms with van der Waals surface area (Å²) in [4.78, 5) is 25.6. The lowest BCUT2D eigenvalue weighted by molar-refractivity contribution is -0.123. The van der Waals surface area contributed by atoms with Gasteiger partial charge in [0.2, 0.25) is 0 Å². The van der Waals surface area contributed by atoms with Gasteiger partial charge in [-0.1, -0.05) is 54.6 Å². The molecular weight excluding hydrogens is 392 g/mol. The number of hydrogen-bond acceptors (Lipinski definition) is 5. The first kappa shape index (κ1) is 20.1. The van der Waals surface area contributed by atoms with Gasteiger partial charge in [-0.05, 0) is 49.8 Å². The van der Waals surface area contributed by atoms with Crippen molar-refractivity contribution in [2.75, 3.05) is 6.61 Å². The molecule has 1 aliphatic heterocycles. The number of thiocarbonyl (C=S) groups is 1. The van der Waals surface area contributed by atoms with Crippen LogP contribution in [0.2, 0.25) is 0 Å². The van der Waals surface area contributed by atoms with Crippen LogP contribution in [-0.4, -0.2) is 27.8 Å². The quantitative estimate of drug-likeness (QED) is 0.565. The molecule has 144 valence electrons. The zero-order valence-corrected chi connectivity index (χ0v) is 17.2. The molecule has 1 saturated heterocycles. The highest BCUT2D eigenvalue weighted by Gasteiger charge is 2.34. The fraction of sp³-hybridized carbons (Fsp3) is 0.190. The molecule has 0 aliphatic carbocycles. The Balaban J connectivity index is 1.77. The largest absolute Gasteiger partial charge is 0.493 e. The molecule has 0 unspecified atom stereocenters. The molecule has 0 radical (unpaired) electrons. The van der Waals surface area contributed by atoms with Gasteiger partial charge in [-0.15, -0.1) is 0 Å². The van der Waals surface area contributed by atoms with E-state index in [2.05, 4.69) is 5.43 Å². The highest BCUT2D eigenvalue weighted by atomic mass is 32.2. The van der Waals surface area contributed by atoms with Crippen molar-refractivity contribution in [3.05, 3.63) is 70.1 Å². The van der Waals surface area contributed by atoms with Gasteiger partial charge in [0, 0.05) is 11.1 Å². The fourth-order valence-electron chi connectivity index (χ4n) is 2.52. The molecule has 1 heterocycles. The van der Waals surface area contributed by atoms with E-state index in [-0.39, 0.29) is 16.1 Å². The molecule has 0 saturated carbocycles. The number of hydrazine groups is 1. The van der Waals surface area contributed by atoms with E-state index in [0.29, 0.717) is 22.8 Å². The molecule has 3 rings (SSSR count). The summed E-state index contributed by atoms with van der Waals surface area (Å²) in [7, 11) is 0. The highest BCUT2D eigenvalue weighted by molar-refractivity contribution is 8.26. The normalized spacial score (nSPS) is 15.2. The van der Waals surface area contributed by atoms with Crippen LogP contribution in [0.25, 0.3) is 6.08 Å². The van der Waals surface area contributed by atoms with Crippen LogP contribution < -0.4 is 10.2 Å². The van der Waals surface area contributed by atoms with E-state index >= 15 is 0 Å². The minimum absolute atomic E-state index is 0.281. The van der Waals surface area contributed by atoms with Gasteiger partial charge < -0.3 is 4.74 Å². The monoisotopic (exact) mass is 412 g/mol. The van der Waals surface area contributed by atoms with Crippen LogP contribution in [0.3, 0.4) is 0 Å². The second kappa shape index (κ2) is 9.03. The Labute approximate surface area is 173 Å². The molecular formula is C21H20N2O3S2. The summed E-state index contributed by atoms with van der Waals surface area (Å²) in [5.74, 6) is -0.0386. The number of carbonyl (C=O) groups is 2. The second-order valence-electron chi connectivity index (χ2n) is 6.21. The maximum atomic E-state index is 12.8. The number of para-hydroxylation sites is 1. The predicted octanol–water partition coefficient (Wildman–Crippen LogP) is 4.33. The van der Waals surface area contributed by atoms with Crippen LogP contribution in [-0.2, 0) is 4.79 Å². The standard InChI is InChI=1S/C21H20N2O3S2/c1-3-12-26-17-7-5-4-6-16(17)13-18-20(25)23(21(27)28-18)22-19(24)15-10-8-14(2)9-11-15/h4-11,13H,3,12H2,1-2H3,(H,22,24)/b18-13+. The summed E-state index contributed by atoms with van der Waals surface area (Å²) in [6, 6.07) is 14.6. The smallest absolute Gasteiger partial charge is 0.285 e. The number of hydrogen-bond donors (Lipinski definition) is 1. The number of ether oxygens (including phenoxy) is 1. The molecule has 5 nitrogen and oxygen atoms in total. The Morgan fingerprint density at radius 2 is 1.93 bits per heavy atom. The third kappa shape index (κ3) is 4.61. The SMILES string of the molecule is CCCOc1ccccc1/C=C1/SC(=S)N(NC(=O)c2ccc(C)cc2)C1=O. The van der Waals surface area contributed by atoms with Crippen molar-refractivity contribution in [3.8, 4) is 5.75 Å². The van der Waals surface area contributed by atoms with E-state index in [0.717, 1.165) is 34.3 Å². The Morgan fingerprint density at radius 3 is 2.64 bits per heavy atom. The number of rotatable bonds is 6. The van der Waals surface area contributed by atoms with Crippen molar-refractivity contribution in [1.82, 2.24) is 10.4 Å². The van der Waals surface area contributed by atoms with E-state index in [1.165, 1.54) is 0 Å². The Kier molecular flexibility index (Phi) is 6.49. The molecule has 0 bridgehead atoms. The zero-order chi connectivity index (χ0) is 20.1. The number of aryl methyl sites for hydroxylation is 1.